The van der Waals surface area contributed by atoms with Crippen molar-refractivity contribution in [3.05, 3.63) is 100 Å². The lowest BCUT2D eigenvalue weighted by Gasteiger charge is -2.25. The second-order valence-corrected chi connectivity index (χ2v) is 9.25. The van der Waals surface area contributed by atoms with Gasteiger partial charge in [0.25, 0.3) is 11.7 Å². The van der Waals surface area contributed by atoms with E-state index in [9.17, 15) is 27.9 Å². The van der Waals surface area contributed by atoms with Crippen molar-refractivity contribution in [2.75, 3.05) is 6.61 Å². The molecule has 1 N–H and O–H groups in total. The van der Waals surface area contributed by atoms with Gasteiger partial charge in [-0.2, -0.15) is 13.2 Å². The Morgan fingerprint density at radius 3 is 2.50 bits per heavy atom. The molecule has 0 radical (unpaired) electrons. The van der Waals surface area contributed by atoms with Gasteiger partial charge in [-0.3, -0.25) is 14.6 Å². The van der Waals surface area contributed by atoms with E-state index in [-0.39, 0.29) is 29.4 Å². The average molecular weight is 525 g/mol. The van der Waals surface area contributed by atoms with Gasteiger partial charge in [-0.05, 0) is 65.9 Å². The second-order valence-electron chi connectivity index (χ2n) is 9.25. The van der Waals surface area contributed by atoms with Gasteiger partial charge in [-0.1, -0.05) is 32.0 Å². The van der Waals surface area contributed by atoms with Gasteiger partial charge < -0.3 is 14.7 Å². The number of Topliss-reactive ketones (excluding diaryl/α,β-unsaturated/α-hetero) is 1. The number of carbonyl (C=O) groups is 2. The maximum absolute atomic E-state index is 13.3. The van der Waals surface area contributed by atoms with Crippen molar-refractivity contribution in [3.8, 4) is 5.75 Å². The smallest absolute Gasteiger partial charge is 0.416 e. The molecular formula is C29H27F3N2O4. The molecule has 1 unspecified atom stereocenters. The van der Waals surface area contributed by atoms with Crippen molar-refractivity contribution in [3.63, 3.8) is 0 Å². The zero-order valence-corrected chi connectivity index (χ0v) is 21.1. The van der Waals surface area contributed by atoms with Crippen LogP contribution in [0.1, 0.15) is 60.5 Å². The van der Waals surface area contributed by atoms with Crippen LogP contribution in [0.5, 0.6) is 5.75 Å². The molecular weight excluding hydrogens is 497 g/mol. The van der Waals surface area contributed by atoms with Gasteiger partial charge in [0.05, 0.1) is 23.8 Å². The highest BCUT2D eigenvalue weighted by Gasteiger charge is 2.46. The van der Waals surface area contributed by atoms with Crippen LogP contribution in [-0.4, -0.2) is 33.3 Å². The Balaban J connectivity index is 1.84. The number of aromatic nitrogens is 1. The molecule has 2 aromatic carbocycles. The first-order chi connectivity index (χ1) is 18.0. The number of amides is 1. The van der Waals surface area contributed by atoms with Gasteiger partial charge in [-0.25, -0.2) is 0 Å². The molecule has 1 amide bonds. The third-order valence-electron chi connectivity index (χ3n) is 6.35. The molecule has 198 valence electrons. The topological polar surface area (TPSA) is 79.7 Å². The number of hydrogen-bond donors (Lipinski definition) is 1. The molecule has 1 fully saturated rings. The Kier molecular flexibility index (Phi) is 7.57. The van der Waals surface area contributed by atoms with Crippen molar-refractivity contribution in [1.82, 2.24) is 9.88 Å². The third kappa shape index (κ3) is 5.27. The molecule has 1 atom stereocenters. The van der Waals surface area contributed by atoms with E-state index >= 15 is 0 Å². The number of carbonyl (C=O) groups excluding carboxylic acids is 2. The summed E-state index contributed by atoms with van der Waals surface area (Å²) in [5, 5.41) is 11.4. The molecule has 6 nitrogen and oxygen atoms in total. The zero-order valence-electron chi connectivity index (χ0n) is 21.1. The fourth-order valence-corrected chi connectivity index (χ4v) is 4.56. The van der Waals surface area contributed by atoms with Crippen LogP contribution in [0.2, 0.25) is 0 Å². The van der Waals surface area contributed by atoms with Crippen LogP contribution in [0.3, 0.4) is 0 Å². The maximum atomic E-state index is 13.3. The van der Waals surface area contributed by atoms with E-state index in [1.807, 2.05) is 20.8 Å². The van der Waals surface area contributed by atoms with Crippen LogP contribution in [0.25, 0.3) is 5.76 Å². The zero-order chi connectivity index (χ0) is 27.6. The van der Waals surface area contributed by atoms with Gasteiger partial charge >= 0.3 is 6.18 Å². The molecule has 1 saturated heterocycles. The van der Waals surface area contributed by atoms with Crippen LogP contribution in [0.15, 0.2) is 72.6 Å². The lowest BCUT2D eigenvalue weighted by Crippen LogP contribution is -2.29. The quantitative estimate of drug-likeness (QED) is 0.225. The lowest BCUT2D eigenvalue weighted by molar-refractivity contribution is -0.140. The predicted octanol–water partition coefficient (Wildman–Crippen LogP) is 6.24. The first-order valence-corrected chi connectivity index (χ1v) is 12.1. The van der Waals surface area contributed by atoms with Crippen LogP contribution in [0, 0.1) is 0 Å². The summed E-state index contributed by atoms with van der Waals surface area (Å²) in [5.74, 6) is -1.54. The van der Waals surface area contributed by atoms with Gasteiger partial charge in [-0.15, -0.1) is 0 Å². The van der Waals surface area contributed by atoms with Gasteiger partial charge in [0.1, 0.15) is 11.5 Å². The molecule has 1 aliphatic heterocycles. The van der Waals surface area contributed by atoms with Crippen LogP contribution in [-0.2, 0) is 22.3 Å². The van der Waals surface area contributed by atoms with E-state index in [4.69, 9.17) is 4.74 Å². The van der Waals surface area contributed by atoms with E-state index in [1.165, 1.54) is 24.5 Å². The maximum Gasteiger partial charge on any atom is 0.416 e. The number of benzene rings is 2. The van der Waals surface area contributed by atoms with Crippen molar-refractivity contribution >= 4 is 17.4 Å². The Bertz CT molecular complexity index is 1380. The highest BCUT2D eigenvalue weighted by Crippen LogP contribution is 2.41. The van der Waals surface area contributed by atoms with E-state index in [2.05, 4.69) is 4.98 Å². The average Bonchev–Trinajstić information content (AvgIpc) is 3.13. The van der Waals surface area contributed by atoms with Crippen molar-refractivity contribution in [2.24, 2.45) is 0 Å². The molecule has 0 bridgehead atoms. The Morgan fingerprint density at radius 1 is 1.11 bits per heavy atom. The second kappa shape index (κ2) is 10.7. The predicted molar refractivity (Wildman–Crippen MR) is 135 cm³/mol. The Labute approximate surface area is 218 Å². The number of pyridine rings is 1. The molecule has 38 heavy (non-hydrogen) atoms. The summed E-state index contributed by atoms with van der Waals surface area (Å²) in [7, 11) is 0. The highest BCUT2D eigenvalue weighted by atomic mass is 19.4. The van der Waals surface area contributed by atoms with Crippen molar-refractivity contribution < 1.29 is 32.6 Å². The van der Waals surface area contributed by atoms with E-state index in [0.717, 1.165) is 22.6 Å². The molecule has 0 saturated carbocycles. The number of aliphatic hydroxyl groups is 1. The van der Waals surface area contributed by atoms with Crippen molar-refractivity contribution in [1.29, 1.82) is 0 Å². The Morgan fingerprint density at radius 2 is 1.87 bits per heavy atom. The molecule has 2 heterocycles. The summed E-state index contributed by atoms with van der Waals surface area (Å²) < 4.78 is 45.6. The first-order valence-electron chi connectivity index (χ1n) is 12.1. The fraction of sp³-hybridized carbons (Fsp3) is 0.276. The summed E-state index contributed by atoms with van der Waals surface area (Å²) in [4.78, 5) is 31.7. The van der Waals surface area contributed by atoms with Gasteiger partial charge in [0.2, 0.25) is 0 Å². The third-order valence-corrected chi connectivity index (χ3v) is 6.35. The minimum Gasteiger partial charge on any atom is -0.507 e. The number of ketones is 1. The number of likely N-dealkylation sites (tertiary alicyclic amines) is 1. The standard InChI is InChI=1S/C29H27F3N2O4/c1-4-38-23-11-10-19(14-22(23)17(2)3)26(35)24-25(20-8-6-12-33-15-20)34(28(37)27(24)36)16-18-7-5-9-21(13-18)29(30,31)32/h5-15,17,25,35H,4,16H2,1-3H3/b26-24-. The number of rotatable bonds is 7. The Hall–Kier alpha value is -4.14. The van der Waals surface area contributed by atoms with E-state index < -0.39 is 29.5 Å². The normalized spacial score (nSPS) is 17.3. The van der Waals surface area contributed by atoms with Crippen LogP contribution >= 0.6 is 0 Å². The molecule has 3 aromatic rings. The van der Waals surface area contributed by atoms with Crippen LogP contribution < -0.4 is 4.74 Å². The molecule has 0 aliphatic carbocycles. The number of hydrogen-bond acceptors (Lipinski definition) is 5. The SMILES string of the molecule is CCOc1ccc(/C(O)=C2/C(=O)C(=O)N(Cc3cccc(C(F)(F)F)c3)C2c2cccnc2)cc1C(C)C. The number of halogens is 3. The molecule has 9 heteroatoms. The number of alkyl halides is 3. The van der Waals surface area contributed by atoms with E-state index in [1.54, 1.807) is 30.3 Å². The minimum atomic E-state index is -4.56. The number of ether oxygens (including phenoxy) is 1. The molecule has 4 rings (SSSR count). The molecule has 0 spiro atoms. The van der Waals surface area contributed by atoms with Crippen LogP contribution in [0.4, 0.5) is 13.2 Å². The van der Waals surface area contributed by atoms with Gasteiger partial charge in [0, 0.05) is 24.5 Å². The molecule has 1 aliphatic rings. The number of nitrogens with zero attached hydrogens (tertiary/aromatic N) is 2. The lowest BCUT2D eigenvalue weighted by atomic mass is 9.93. The highest BCUT2D eigenvalue weighted by molar-refractivity contribution is 6.46. The summed E-state index contributed by atoms with van der Waals surface area (Å²) in [5.41, 5.74) is 0.748. The molecule has 1 aromatic heterocycles. The summed E-state index contributed by atoms with van der Waals surface area (Å²) >= 11 is 0. The van der Waals surface area contributed by atoms with Crippen molar-refractivity contribution in [2.45, 2.75) is 45.5 Å². The largest absolute Gasteiger partial charge is 0.507 e. The fourth-order valence-electron chi connectivity index (χ4n) is 4.56. The van der Waals surface area contributed by atoms with E-state index in [0.29, 0.717) is 23.5 Å². The summed E-state index contributed by atoms with van der Waals surface area (Å²) in [6.07, 6.45) is -1.58. The monoisotopic (exact) mass is 524 g/mol. The minimum absolute atomic E-state index is 0.0433. The first kappa shape index (κ1) is 26.9. The summed E-state index contributed by atoms with van der Waals surface area (Å²) in [6.45, 7) is 5.96. The summed E-state index contributed by atoms with van der Waals surface area (Å²) in [6, 6.07) is 11.8. The number of aliphatic hydroxyl groups excluding tert-OH is 1. The van der Waals surface area contributed by atoms with Gasteiger partial charge in [0.15, 0.2) is 0 Å².